The van der Waals surface area contributed by atoms with E-state index in [1.807, 2.05) is 37.3 Å². The molecule has 5 nitrogen and oxygen atoms in total. The molecule has 0 radical (unpaired) electrons. The van der Waals surface area contributed by atoms with Crippen LogP contribution in [0.15, 0.2) is 51.8 Å². The highest BCUT2D eigenvalue weighted by atomic mass is 79.9. The molecule has 3 rings (SSSR count). The van der Waals surface area contributed by atoms with Crippen molar-refractivity contribution in [3.63, 3.8) is 0 Å². The van der Waals surface area contributed by atoms with Crippen LogP contribution in [-0.2, 0) is 10.0 Å². The normalized spacial score (nSPS) is 16.4. The lowest BCUT2D eigenvalue weighted by molar-refractivity contribution is 0.246. The average molecular weight is 453 g/mol. The van der Waals surface area contributed by atoms with Crippen molar-refractivity contribution in [1.29, 1.82) is 0 Å². The predicted molar refractivity (Wildman–Crippen MR) is 111 cm³/mol. The molecule has 2 aromatic rings. The van der Waals surface area contributed by atoms with Crippen LogP contribution in [-0.4, -0.2) is 40.1 Å². The van der Waals surface area contributed by atoms with E-state index in [1.165, 1.54) is 0 Å². The van der Waals surface area contributed by atoms with Gasteiger partial charge < -0.3 is 4.74 Å². The smallest absolute Gasteiger partial charge is 0.241 e. The van der Waals surface area contributed by atoms with Gasteiger partial charge >= 0.3 is 0 Å². The fourth-order valence-corrected chi connectivity index (χ4v) is 5.66. The van der Waals surface area contributed by atoms with Crippen LogP contribution in [0, 0.1) is 6.92 Å². The number of ether oxygens (including phenoxy) is 1. The molecule has 0 spiro atoms. The molecule has 0 aromatic heterocycles. The molecule has 1 saturated heterocycles. The van der Waals surface area contributed by atoms with E-state index in [0.29, 0.717) is 11.0 Å². The Hall–Kier alpha value is -1.41. The molecule has 1 heterocycles. The van der Waals surface area contributed by atoms with Crippen LogP contribution in [0.2, 0.25) is 0 Å². The Morgan fingerprint density at radius 2 is 1.81 bits per heavy atom. The second kappa shape index (κ2) is 8.73. The minimum absolute atomic E-state index is 0.00240. The Morgan fingerprint density at radius 1 is 1.15 bits per heavy atom. The number of halogens is 1. The highest BCUT2D eigenvalue weighted by molar-refractivity contribution is 9.10. The summed E-state index contributed by atoms with van der Waals surface area (Å²) in [7, 11) is -1.96. The number of nitrogens with one attached hydrogen (secondary N) is 1. The van der Waals surface area contributed by atoms with Crippen LogP contribution in [0.1, 0.15) is 30.0 Å². The SMILES string of the molecule is COc1ccc([C@@H](CNS(=O)(=O)c2ccc(C)cc2Br)N2CCCC2)cc1. The Kier molecular flexibility index (Phi) is 6.57. The van der Waals surface area contributed by atoms with Gasteiger partial charge in [0.15, 0.2) is 0 Å². The highest BCUT2D eigenvalue weighted by Crippen LogP contribution is 2.28. The van der Waals surface area contributed by atoms with Crippen molar-refractivity contribution >= 4 is 26.0 Å². The van der Waals surface area contributed by atoms with Crippen molar-refractivity contribution in [2.45, 2.75) is 30.7 Å². The van der Waals surface area contributed by atoms with Gasteiger partial charge in [-0.25, -0.2) is 13.1 Å². The molecule has 1 atom stereocenters. The van der Waals surface area contributed by atoms with Gasteiger partial charge in [0.25, 0.3) is 0 Å². The molecule has 1 aliphatic heterocycles. The Balaban J connectivity index is 1.81. The molecular weight excluding hydrogens is 428 g/mol. The zero-order valence-corrected chi connectivity index (χ0v) is 18.0. The molecule has 0 amide bonds. The number of aryl methyl sites for hydroxylation is 1. The molecule has 0 saturated carbocycles. The van der Waals surface area contributed by atoms with E-state index in [2.05, 4.69) is 25.6 Å². The second-order valence-corrected chi connectivity index (χ2v) is 9.41. The Bertz CT molecular complexity index is 879. The van der Waals surface area contributed by atoms with E-state index < -0.39 is 10.0 Å². The standard InChI is InChI=1S/C20H25BrN2O3S/c1-15-5-10-20(18(21)13-15)27(24,25)22-14-19(23-11-3-4-12-23)16-6-8-17(26-2)9-7-16/h5-10,13,19,22H,3-4,11-12,14H2,1-2H3/t19-/m1/s1. The van der Waals surface area contributed by atoms with Crippen LogP contribution in [0.4, 0.5) is 0 Å². The summed E-state index contributed by atoms with van der Waals surface area (Å²) in [6, 6.07) is 13.1. The lowest BCUT2D eigenvalue weighted by atomic mass is 10.1. The molecule has 0 bridgehead atoms. The number of methoxy groups -OCH3 is 1. The van der Waals surface area contributed by atoms with E-state index in [4.69, 9.17) is 4.74 Å². The largest absolute Gasteiger partial charge is 0.497 e. The number of hydrogen-bond donors (Lipinski definition) is 1. The van der Waals surface area contributed by atoms with Crippen molar-refractivity contribution in [2.75, 3.05) is 26.7 Å². The fraction of sp³-hybridized carbons (Fsp3) is 0.400. The van der Waals surface area contributed by atoms with Gasteiger partial charge in [-0.15, -0.1) is 0 Å². The summed E-state index contributed by atoms with van der Waals surface area (Å²) in [6.45, 7) is 4.22. The second-order valence-electron chi connectivity index (χ2n) is 6.82. The van der Waals surface area contributed by atoms with Crippen molar-refractivity contribution < 1.29 is 13.2 Å². The van der Waals surface area contributed by atoms with Gasteiger partial charge in [0.2, 0.25) is 10.0 Å². The molecule has 146 valence electrons. The number of nitrogens with zero attached hydrogens (tertiary/aromatic N) is 1. The van der Waals surface area contributed by atoms with Gasteiger partial charge in [-0.2, -0.15) is 0 Å². The Morgan fingerprint density at radius 3 is 2.41 bits per heavy atom. The number of hydrogen-bond acceptors (Lipinski definition) is 4. The monoisotopic (exact) mass is 452 g/mol. The first kappa shape index (κ1) is 20.3. The van der Waals surface area contributed by atoms with Crippen molar-refractivity contribution in [2.24, 2.45) is 0 Å². The Labute approximate surface area is 169 Å². The maximum atomic E-state index is 12.8. The quantitative estimate of drug-likeness (QED) is 0.692. The molecule has 1 aliphatic rings. The predicted octanol–water partition coefficient (Wildman–Crippen LogP) is 3.88. The van der Waals surface area contributed by atoms with Crippen LogP contribution in [0.25, 0.3) is 0 Å². The maximum absolute atomic E-state index is 12.8. The van der Waals surface area contributed by atoms with Gasteiger partial charge in [0.1, 0.15) is 5.75 Å². The zero-order valence-electron chi connectivity index (χ0n) is 15.6. The van der Waals surface area contributed by atoms with E-state index in [0.717, 1.165) is 42.8 Å². The summed E-state index contributed by atoms with van der Waals surface area (Å²) in [5.74, 6) is 0.795. The van der Waals surface area contributed by atoms with Gasteiger partial charge in [-0.1, -0.05) is 18.2 Å². The van der Waals surface area contributed by atoms with Gasteiger partial charge in [0.05, 0.1) is 12.0 Å². The maximum Gasteiger partial charge on any atom is 0.241 e. The number of benzene rings is 2. The topological polar surface area (TPSA) is 58.6 Å². The van der Waals surface area contributed by atoms with E-state index >= 15 is 0 Å². The zero-order chi connectivity index (χ0) is 19.4. The van der Waals surface area contributed by atoms with Gasteiger partial charge in [-0.3, -0.25) is 4.90 Å². The first-order chi connectivity index (χ1) is 12.9. The summed E-state index contributed by atoms with van der Waals surface area (Å²) in [5, 5.41) is 0. The lowest BCUT2D eigenvalue weighted by Gasteiger charge is -2.28. The average Bonchev–Trinajstić information content (AvgIpc) is 3.16. The van der Waals surface area contributed by atoms with E-state index in [1.54, 1.807) is 19.2 Å². The molecule has 2 aromatic carbocycles. The summed E-state index contributed by atoms with van der Waals surface area (Å²) >= 11 is 3.37. The lowest BCUT2D eigenvalue weighted by Crippen LogP contribution is -2.36. The van der Waals surface area contributed by atoms with Crippen molar-refractivity contribution in [1.82, 2.24) is 9.62 Å². The molecule has 7 heteroatoms. The molecular formula is C20H25BrN2O3S. The van der Waals surface area contributed by atoms with Gasteiger partial charge in [-0.05, 0) is 84.2 Å². The molecule has 0 unspecified atom stereocenters. The van der Waals surface area contributed by atoms with Crippen molar-refractivity contribution in [3.8, 4) is 5.75 Å². The third-order valence-corrected chi connectivity index (χ3v) is 7.33. The summed E-state index contributed by atoms with van der Waals surface area (Å²) in [6.07, 6.45) is 2.28. The third kappa shape index (κ3) is 4.90. The van der Waals surface area contributed by atoms with E-state index in [-0.39, 0.29) is 10.9 Å². The summed E-state index contributed by atoms with van der Waals surface area (Å²) < 4.78 is 34.3. The first-order valence-electron chi connectivity index (χ1n) is 9.04. The van der Waals surface area contributed by atoms with E-state index in [9.17, 15) is 8.42 Å². The number of likely N-dealkylation sites (tertiary alicyclic amines) is 1. The number of sulfonamides is 1. The van der Waals surface area contributed by atoms with Crippen LogP contribution in [0.3, 0.4) is 0 Å². The van der Waals surface area contributed by atoms with Crippen LogP contribution >= 0.6 is 15.9 Å². The molecule has 0 aliphatic carbocycles. The van der Waals surface area contributed by atoms with Crippen LogP contribution in [0.5, 0.6) is 5.75 Å². The van der Waals surface area contributed by atoms with Crippen molar-refractivity contribution in [3.05, 3.63) is 58.1 Å². The van der Waals surface area contributed by atoms with Gasteiger partial charge in [0, 0.05) is 17.1 Å². The summed E-state index contributed by atoms with van der Waals surface area (Å²) in [5.41, 5.74) is 2.09. The highest BCUT2D eigenvalue weighted by Gasteiger charge is 2.26. The minimum Gasteiger partial charge on any atom is -0.497 e. The third-order valence-electron chi connectivity index (χ3n) is 4.93. The first-order valence-corrected chi connectivity index (χ1v) is 11.3. The fourth-order valence-electron chi connectivity index (χ4n) is 3.43. The minimum atomic E-state index is -3.60. The summed E-state index contributed by atoms with van der Waals surface area (Å²) in [4.78, 5) is 2.61. The molecule has 1 N–H and O–H groups in total. The molecule has 1 fully saturated rings. The van der Waals surface area contributed by atoms with Crippen LogP contribution < -0.4 is 9.46 Å². The molecule has 27 heavy (non-hydrogen) atoms. The number of rotatable bonds is 7.